The summed E-state index contributed by atoms with van der Waals surface area (Å²) in [6.45, 7) is 4.80. The van der Waals surface area contributed by atoms with E-state index < -0.39 is 15.9 Å². The van der Waals surface area contributed by atoms with E-state index in [1.807, 2.05) is 13.8 Å². The summed E-state index contributed by atoms with van der Waals surface area (Å²) in [4.78, 5) is 24.2. The molecule has 0 spiro atoms. The number of rotatable bonds is 7. The summed E-state index contributed by atoms with van der Waals surface area (Å²) in [5.74, 6) is -0.0419. The number of hydrogen-bond acceptors (Lipinski definition) is 5. The van der Waals surface area contributed by atoms with Crippen LogP contribution in [0.3, 0.4) is 0 Å². The lowest BCUT2D eigenvalue weighted by molar-refractivity contribution is -0.120. The van der Waals surface area contributed by atoms with Crippen LogP contribution in [0.5, 0.6) is 5.75 Å². The minimum absolute atomic E-state index is 0.0311. The van der Waals surface area contributed by atoms with Crippen molar-refractivity contribution < 1.29 is 22.7 Å². The molecular formula is C20H29N3O5S. The number of nitrogens with one attached hydrogen (secondary N) is 2. The molecule has 2 aliphatic rings. The van der Waals surface area contributed by atoms with Crippen LogP contribution in [0, 0.1) is 11.8 Å². The Morgan fingerprint density at radius 1 is 1.17 bits per heavy atom. The number of methoxy groups -OCH3 is 1. The first-order valence-electron chi connectivity index (χ1n) is 9.96. The second-order valence-electron chi connectivity index (χ2n) is 8.16. The van der Waals surface area contributed by atoms with Crippen LogP contribution in [0.2, 0.25) is 0 Å². The normalized spacial score (nSPS) is 22.7. The molecule has 1 heterocycles. The molecule has 0 bridgehead atoms. The highest BCUT2D eigenvalue weighted by atomic mass is 32.2. The van der Waals surface area contributed by atoms with Crippen LogP contribution in [0.4, 0.5) is 0 Å². The molecule has 0 aromatic heterocycles. The van der Waals surface area contributed by atoms with E-state index in [9.17, 15) is 18.0 Å². The minimum Gasteiger partial charge on any atom is -0.495 e. The Morgan fingerprint density at radius 3 is 2.41 bits per heavy atom. The number of hydrogen-bond donors (Lipinski definition) is 2. The molecule has 2 amide bonds. The minimum atomic E-state index is -3.82. The molecule has 2 unspecified atom stereocenters. The molecular weight excluding hydrogens is 394 g/mol. The molecule has 1 aliphatic heterocycles. The lowest BCUT2D eigenvalue weighted by Gasteiger charge is -2.34. The highest BCUT2D eigenvalue weighted by Crippen LogP contribution is 2.32. The number of carbonyl (C=O) groups excluding carboxylic acids is 2. The SMILES string of the molecule is COc1ccc(C(=O)NCC(=O)NC2CC2)cc1S(=O)(=O)N1CC(C)CC(C)C1. The third-order valence-electron chi connectivity index (χ3n) is 5.23. The average Bonchev–Trinajstić information content (AvgIpc) is 3.48. The van der Waals surface area contributed by atoms with Crippen molar-refractivity contribution in [2.24, 2.45) is 11.8 Å². The summed E-state index contributed by atoms with van der Waals surface area (Å²) in [7, 11) is -2.42. The number of piperidine rings is 1. The van der Waals surface area contributed by atoms with Crippen molar-refractivity contribution in [1.82, 2.24) is 14.9 Å². The molecule has 1 saturated carbocycles. The van der Waals surface area contributed by atoms with Crippen LogP contribution in [0.15, 0.2) is 23.1 Å². The van der Waals surface area contributed by atoms with Crippen molar-refractivity contribution in [2.75, 3.05) is 26.7 Å². The molecule has 2 N–H and O–H groups in total. The van der Waals surface area contributed by atoms with Gasteiger partial charge in [-0.1, -0.05) is 13.8 Å². The van der Waals surface area contributed by atoms with Crippen LogP contribution >= 0.6 is 0 Å². The first-order chi connectivity index (χ1) is 13.7. The van der Waals surface area contributed by atoms with Crippen molar-refractivity contribution in [1.29, 1.82) is 0 Å². The van der Waals surface area contributed by atoms with Crippen LogP contribution in [-0.4, -0.2) is 57.3 Å². The Kier molecular flexibility index (Phi) is 6.48. The van der Waals surface area contributed by atoms with Gasteiger partial charge in [-0.15, -0.1) is 0 Å². The van der Waals surface area contributed by atoms with E-state index in [0.717, 1.165) is 19.3 Å². The van der Waals surface area contributed by atoms with Crippen LogP contribution in [0.1, 0.15) is 43.5 Å². The van der Waals surface area contributed by atoms with Gasteiger partial charge in [0.1, 0.15) is 10.6 Å². The van der Waals surface area contributed by atoms with Crippen molar-refractivity contribution in [3.8, 4) is 5.75 Å². The first kappa shape index (κ1) is 21.6. The Labute approximate surface area is 172 Å². The summed E-state index contributed by atoms with van der Waals surface area (Å²) >= 11 is 0. The standard InChI is InChI=1S/C20H29N3O5S/c1-13-8-14(2)12-23(11-13)29(26,27)18-9-15(4-7-17(18)28-3)20(25)21-10-19(24)22-16-5-6-16/h4,7,9,13-14,16H,5-6,8,10-12H2,1-3H3,(H,21,25)(H,22,24). The highest BCUT2D eigenvalue weighted by Gasteiger charge is 2.34. The predicted octanol–water partition coefficient (Wildman–Crippen LogP) is 1.37. The average molecular weight is 424 g/mol. The molecule has 1 aromatic carbocycles. The summed E-state index contributed by atoms with van der Waals surface area (Å²) in [5.41, 5.74) is 0.168. The number of nitrogens with zero attached hydrogens (tertiary/aromatic N) is 1. The number of carbonyl (C=O) groups is 2. The molecule has 29 heavy (non-hydrogen) atoms. The fourth-order valence-corrected chi connectivity index (χ4v) is 5.59. The molecule has 2 atom stereocenters. The first-order valence-corrected chi connectivity index (χ1v) is 11.4. The zero-order valence-electron chi connectivity index (χ0n) is 17.1. The van der Waals surface area contributed by atoms with E-state index in [0.29, 0.717) is 13.1 Å². The van der Waals surface area contributed by atoms with E-state index in [-0.39, 0.29) is 46.5 Å². The Morgan fingerprint density at radius 2 is 1.83 bits per heavy atom. The Bertz CT molecular complexity index is 872. The molecule has 160 valence electrons. The second-order valence-corrected chi connectivity index (χ2v) is 10.1. The maximum atomic E-state index is 13.3. The number of sulfonamides is 1. The smallest absolute Gasteiger partial charge is 0.251 e. The molecule has 8 nitrogen and oxygen atoms in total. The molecule has 3 rings (SSSR count). The van der Waals surface area contributed by atoms with Crippen LogP contribution < -0.4 is 15.4 Å². The maximum Gasteiger partial charge on any atom is 0.251 e. The van der Waals surface area contributed by atoms with Crippen LogP contribution in [0.25, 0.3) is 0 Å². The van der Waals surface area contributed by atoms with Gasteiger partial charge in [0.2, 0.25) is 15.9 Å². The van der Waals surface area contributed by atoms with Gasteiger partial charge in [0.25, 0.3) is 5.91 Å². The Balaban J connectivity index is 1.78. The summed E-state index contributed by atoms with van der Waals surface area (Å²) in [5, 5.41) is 5.33. The van der Waals surface area contributed by atoms with Crippen LogP contribution in [-0.2, 0) is 14.8 Å². The van der Waals surface area contributed by atoms with E-state index >= 15 is 0 Å². The second kappa shape index (κ2) is 8.71. The molecule has 0 radical (unpaired) electrons. The third-order valence-corrected chi connectivity index (χ3v) is 7.08. The predicted molar refractivity (Wildman–Crippen MR) is 108 cm³/mol. The number of ether oxygens (including phenoxy) is 1. The zero-order chi connectivity index (χ0) is 21.2. The fraction of sp³-hybridized carbons (Fsp3) is 0.600. The van der Waals surface area contributed by atoms with E-state index in [4.69, 9.17) is 4.74 Å². The van der Waals surface area contributed by atoms with Crippen molar-refractivity contribution in [3.63, 3.8) is 0 Å². The van der Waals surface area contributed by atoms with E-state index in [1.165, 1.54) is 29.6 Å². The monoisotopic (exact) mass is 423 g/mol. The third kappa shape index (κ3) is 5.27. The molecule has 1 aliphatic carbocycles. The molecule has 9 heteroatoms. The molecule has 2 fully saturated rings. The quantitative estimate of drug-likeness (QED) is 0.689. The van der Waals surface area contributed by atoms with Gasteiger partial charge >= 0.3 is 0 Å². The number of benzene rings is 1. The Hall–Kier alpha value is -2.13. The lowest BCUT2D eigenvalue weighted by Crippen LogP contribution is -2.42. The fourth-order valence-electron chi connectivity index (χ4n) is 3.73. The highest BCUT2D eigenvalue weighted by molar-refractivity contribution is 7.89. The number of amides is 2. The van der Waals surface area contributed by atoms with Crippen molar-refractivity contribution in [3.05, 3.63) is 23.8 Å². The largest absolute Gasteiger partial charge is 0.495 e. The maximum absolute atomic E-state index is 13.3. The van der Waals surface area contributed by atoms with Gasteiger partial charge in [-0.05, 0) is 49.3 Å². The van der Waals surface area contributed by atoms with Gasteiger partial charge in [-0.25, -0.2) is 8.42 Å². The molecule has 1 saturated heterocycles. The van der Waals surface area contributed by atoms with Crippen molar-refractivity contribution in [2.45, 2.75) is 44.0 Å². The topological polar surface area (TPSA) is 105 Å². The van der Waals surface area contributed by atoms with Gasteiger partial charge in [0.15, 0.2) is 0 Å². The van der Waals surface area contributed by atoms with Gasteiger partial charge in [-0.3, -0.25) is 9.59 Å². The summed E-state index contributed by atoms with van der Waals surface area (Å²) in [6, 6.07) is 4.51. The lowest BCUT2D eigenvalue weighted by atomic mass is 9.94. The van der Waals surface area contributed by atoms with Crippen molar-refractivity contribution >= 4 is 21.8 Å². The van der Waals surface area contributed by atoms with E-state index in [2.05, 4.69) is 10.6 Å². The van der Waals surface area contributed by atoms with Gasteiger partial charge in [0, 0.05) is 24.7 Å². The summed E-state index contributed by atoms with van der Waals surface area (Å²) in [6.07, 6.45) is 2.91. The zero-order valence-corrected chi connectivity index (χ0v) is 17.9. The summed E-state index contributed by atoms with van der Waals surface area (Å²) < 4.78 is 33.3. The van der Waals surface area contributed by atoms with Gasteiger partial charge in [0.05, 0.1) is 13.7 Å². The van der Waals surface area contributed by atoms with Gasteiger partial charge in [-0.2, -0.15) is 4.31 Å². The van der Waals surface area contributed by atoms with Gasteiger partial charge < -0.3 is 15.4 Å². The van der Waals surface area contributed by atoms with E-state index in [1.54, 1.807) is 0 Å². The molecule has 1 aromatic rings.